The molecule has 0 spiro atoms. The van der Waals surface area contributed by atoms with Gasteiger partial charge in [-0.2, -0.15) is 0 Å². The fourth-order valence-corrected chi connectivity index (χ4v) is 2.77. The average Bonchev–Trinajstić information content (AvgIpc) is 2.62. The van der Waals surface area contributed by atoms with E-state index in [0.717, 1.165) is 6.42 Å². The molecule has 1 aliphatic carbocycles. The van der Waals surface area contributed by atoms with Gasteiger partial charge in [0.05, 0.1) is 6.61 Å². The van der Waals surface area contributed by atoms with Crippen molar-refractivity contribution in [2.75, 3.05) is 6.61 Å². The standard InChI is InChI=1S/C13H18O/c1-11-6-5-9-13(11,10-14)12-7-3-2-4-8-12/h2-4,7-8,11,14H,5-6,9-10H2,1H3. The van der Waals surface area contributed by atoms with E-state index >= 15 is 0 Å². The molecule has 1 fully saturated rings. The lowest BCUT2D eigenvalue weighted by Gasteiger charge is -2.32. The molecular weight excluding hydrogens is 172 g/mol. The minimum absolute atomic E-state index is 0.0429. The van der Waals surface area contributed by atoms with Gasteiger partial charge in [-0.05, 0) is 24.3 Å². The van der Waals surface area contributed by atoms with Crippen LogP contribution in [0.25, 0.3) is 0 Å². The van der Waals surface area contributed by atoms with Gasteiger partial charge in [0.25, 0.3) is 0 Å². The molecule has 1 aliphatic rings. The first kappa shape index (κ1) is 9.72. The molecular formula is C13H18O. The van der Waals surface area contributed by atoms with Crippen molar-refractivity contribution in [2.45, 2.75) is 31.6 Å². The maximum Gasteiger partial charge on any atom is 0.0530 e. The number of hydrogen-bond donors (Lipinski definition) is 1. The molecule has 0 aliphatic heterocycles. The van der Waals surface area contributed by atoms with Crippen molar-refractivity contribution in [3.63, 3.8) is 0 Å². The van der Waals surface area contributed by atoms with E-state index in [2.05, 4.69) is 31.2 Å². The van der Waals surface area contributed by atoms with Crippen LogP contribution in [0.1, 0.15) is 31.7 Å². The van der Waals surface area contributed by atoms with Crippen molar-refractivity contribution in [1.82, 2.24) is 0 Å². The van der Waals surface area contributed by atoms with E-state index < -0.39 is 0 Å². The molecule has 76 valence electrons. The van der Waals surface area contributed by atoms with Gasteiger partial charge in [0.1, 0.15) is 0 Å². The van der Waals surface area contributed by atoms with Crippen LogP contribution in [0.3, 0.4) is 0 Å². The predicted octanol–water partition coefficient (Wildman–Crippen LogP) is 2.74. The van der Waals surface area contributed by atoms with Crippen LogP contribution in [0.2, 0.25) is 0 Å². The number of aliphatic hydroxyl groups excluding tert-OH is 1. The summed E-state index contributed by atoms with van der Waals surface area (Å²) in [5.41, 5.74) is 1.36. The third-order valence-electron chi connectivity index (χ3n) is 3.83. The van der Waals surface area contributed by atoms with Gasteiger partial charge in [0, 0.05) is 5.41 Å². The summed E-state index contributed by atoms with van der Waals surface area (Å²) in [7, 11) is 0. The number of hydrogen-bond acceptors (Lipinski definition) is 1. The molecule has 1 aromatic carbocycles. The minimum atomic E-state index is 0.0429. The lowest BCUT2D eigenvalue weighted by Crippen LogP contribution is -2.33. The largest absolute Gasteiger partial charge is 0.395 e. The molecule has 2 rings (SSSR count). The molecule has 1 N–H and O–H groups in total. The summed E-state index contributed by atoms with van der Waals surface area (Å²) >= 11 is 0. The van der Waals surface area contributed by atoms with Crippen LogP contribution in [-0.4, -0.2) is 11.7 Å². The molecule has 1 aromatic rings. The summed E-state index contributed by atoms with van der Waals surface area (Å²) in [4.78, 5) is 0. The SMILES string of the molecule is CC1CCCC1(CO)c1ccccc1. The van der Waals surface area contributed by atoms with Crippen molar-refractivity contribution in [3.05, 3.63) is 35.9 Å². The normalized spacial score (nSPS) is 32.0. The van der Waals surface area contributed by atoms with Crippen LogP contribution in [0.15, 0.2) is 30.3 Å². The molecule has 0 bridgehead atoms. The molecule has 2 unspecified atom stereocenters. The number of rotatable bonds is 2. The van der Waals surface area contributed by atoms with Crippen molar-refractivity contribution < 1.29 is 5.11 Å². The summed E-state index contributed by atoms with van der Waals surface area (Å²) < 4.78 is 0. The Bertz CT molecular complexity index is 293. The molecule has 1 saturated carbocycles. The van der Waals surface area contributed by atoms with Crippen LogP contribution in [-0.2, 0) is 5.41 Å². The second-order valence-corrected chi connectivity index (χ2v) is 4.47. The Morgan fingerprint density at radius 1 is 1.36 bits per heavy atom. The first-order valence-electron chi connectivity index (χ1n) is 5.46. The topological polar surface area (TPSA) is 20.2 Å². The zero-order valence-electron chi connectivity index (χ0n) is 8.74. The highest BCUT2D eigenvalue weighted by Crippen LogP contribution is 2.44. The third kappa shape index (κ3) is 1.36. The summed E-state index contributed by atoms with van der Waals surface area (Å²) in [6.07, 6.45) is 3.63. The highest BCUT2D eigenvalue weighted by molar-refractivity contribution is 5.27. The van der Waals surface area contributed by atoms with E-state index in [4.69, 9.17) is 0 Å². The Balaban J connectivity index is 2.38. The van der Waals surface area contributed by atoms with Gasteiger partial charge < -0.3 is 5.11 Å². The summed E-state index contributed by atoms with van der Waals surface area (Å²) in [6.45, 7) is 2.55. The molecule has 1 nitrogen and oxygen atoms in total. The van der Waals surface area contributed by atoms with Gasteiger partial charge >= 0.3 is 0 Å². The van der Waals surface area contributed by atoms with Crippen LogP contribution >= 0.6 is 0 Å². The zero-order chi connectivity index (χ0) is 10.0. The fraction of sp³-hybridized carbons (Fsp3) is 0.538. The Labute approximate surface area is 85.8 Å². The van der Waals surface area contributed by atoms with Gasteiger partial charge in [-0.1, -0.05) is 43.7 Å². The maximum absolute atomic E-state index is 9.64. The first-order chi connectivity index (χ1) is 6.79. The van der Waals surface area contributed by atoms with Crippen molar-refractivity contribution >= 4 is 0 Å². The highest BCUT2D eigenvalue weighted by atomic mass is 16.3. The van der Waals surface area contributed by atoms with E-state index in [1.165, 1.54) is 18.4 Å². The summed E-state index contributed by atoms with van der Waals surface area (Å²) in [5, 5.41) is 9.64. The van der Waals surface area contributed by atoms with Crippen molar-refractivity contribution in [1.29, 1.82) is 0 Å². The fourth-order valence-electron chi connectivity index (χ4n) is 2.77. The zero-order valence-corrected chi connectivity index (χ0v) is 8.74. The molecule has 14 heavy (non-hydrogen) atoms. The van der Waals surface area contributed by atoms with Crippen molar-refractivity contribution in [3.8, 4) is 0 Å². The maximum atomic E-state index is 9.64. The van der Waals surface area contributed by atoms with Crippen LogP contribution in [0.5, 0.6) is 0 Å². The Morgan fingerprint density at radius 2 is 2.07 bits per heavy atom. The molecule has 0 heterocycles. The van der Waals surface area contributed by atoms with E-state index in [-0.39, 0.29) is 12.0 Å². The van der Waals surface area contributed by atoms with E-state index in [1.54, 1.807) is 0 Å². The second kappa shape index (κ2) is 3.74. The van der Waals surface area contributed by atoms with Gasteiger partial charge in [-0.3, -0.25) is 0 Å². The number of benzene rings is 1. The number of aliphatic hydroxyl groups is 1. The Morgan fingerprint density at radius 3 is 2.57 bits per heavy atom. The monoisotopic (exact) mass is 190 g/mol. The molecule has 0 saturated heterocycles. The molecule has 2 atom stereocenters. The van der Waals surface area contributed by atoms with Crippen molar-refractivity contribution in [2.24, 2.45) is 5.92 Å². The second-order valence-electron chi connectivity index (χ2n) is 4.47. The van der Waals surface area contributed by atoms with Crippen LogP contribution in [0, 0.1) is 5.92 Å². The van der Waals surface area contributed by atoms with Gasteiger partial charge in [0.15, 0.2) is 0 Å². The first-order valence-corrected chi connectivity index (χ1v) is 5.46. The molecule has 0 amide bonds. The van der Waals surface area contributed by atoms with Crippen LogP contribution in [0.4, 0.5) is 0 Å². The lowest BCUT2D eigenvalue weighted by molar-refractivity contribution is 0.162. The van der Waals surface area contributed by atoms with Gasteiger partial charge in [-0.25, -0.2) is 0 Å². The smallest absolute Gasteiger partial charge is 0.0530 e. The molecule has 0 aromatic heterocycles. The van der Waals surface area contributed by atoms with Crippen LogP contribution < -0.4 is 0 Å². The Hall–Kier alpha value is -0.820. The van der Waals surface area contributed by atoms with E-state index in [9.17, 15) is 5.11 Å². The van der Waals surface area contributed by atoms with Gasteiger partial charge in [-0.15, -0.1) is 0 Å². The third-order valence-corrected chi connectivity index (χ3v) is 3.83. The Kier molecular flexibility index (Phi) is 2.60. The summed E-state index contributed by atoms with van der Waals surface area (Å²) in [5.74, 6) is 0.606. The minimum Gasteiger partial charge on any atom is -0.395 e. The van der Waals surface area contributed by atoms with Gasteiger partial charge in [0.2, 0.25) is 0 Å². The lowest BCUT2D eigenvalue weighted by atomic mass is 9.74. The highest BCUT2D eigenvalue weighted by Gasteiger charge is 2.40. The van der Waals surface area contributed by atoms with E-state index in [0.29, 0.717) is 5.92 Å². The predicted molar refractivity (Wildman–Crippen MR) is 58.2 cm³/mol. The summed E-state index contributed by atoms with van der Waals surface area (Å²) in [6, 6.07) is 10.5. The molecule has 0 radical (unpaired) electrons. The van der Waals surface area contributed by atoms with E-state index in [1.807, 2.05) is 6.07 Å². The molecule has 1 heteroatoms. The average molecular weight is 190 g/mol. The quantitative estimate of drug-likeness (QED) is 0.760.